The second-order valence-electron chi connectivity index (χ2n) is 8.46. The Balaban J connectivity index is 2.30. The number of aromatic nitrogens is 3. The topological polar surface area (TPSA) is 92.3 Å². The van der Waals surface area contributed by atoms with E-state index in [0.29, 0.717) is 44.9 Å². The van der Waals surface area contributed by atoms with E-state index in [9.17, 15) is 10.1 Å². The summed E-state index contributed by atoms with van der Waals surface area (Å²) in [6.07, 6.45) is 2.66. The summed E-state index contributed by atoms with van der Waals surface area (Å²) in [5.41, 5.74) is 1.30. The number of hydrogen-bond donors (Lipinski definition) is 0. The van der Waals surface area contributed by atoms with Gasteiger partial charge in [-0.15, -0.1) is 0 Å². The van der Waals surface area contributed by atoms with Crippen molar-refractivity contribution >= 4 is 46.0 Å². The SMILES string of the molecule is CC(C)[Si](OC[C@H](Cn1cc([N+](=O)[O-])nc1Br)Oc1ccc(Br)nc1)(C(C)C)C(C)C. The highest BCUT2D eigenvalue weighted by molar-refractivity contribution is 9.10. The van der Waals surface area contributed by atoms with Crippen molar-refractivity contribution in [1.29, 1.82) is 0 Å². The van der Waals surface area contributed by atoms with Gasteiger partial charge in [0.25, 0.3) is 4.73 Å². The molecule has 2 aromatic rings. The Kier molecular flexibility index (Phi) is 9.23. The molecule has 0 aliphatic rings. The van der Waals surface area contributed by atoms with Gasteiger partial charge in [0.15, 0.2) is 0 Å². The standard InChI is InChI=1S/C20H30Br2N4O4Si/c1-13(2)31(14(3)4,15(5)6)29-12-17(30-16-7-8-18(21)23-9-16)10-25-11-19(26(27)28)24-20(25)22/h7-9,11,13-15,17H,10,12H2,1-6H3/t17-/m0/s1. The molecule has 11 heteroatoms. The van der Waals surface area contributed by atoms with Crippen molar-refractivity contribution in [3.63, 3.8) is 0 Å². The van der Waals surface area contributed by atoms with E-state index >= 15 is 0 Å². The zero-order valence-corrected chi connectivity index (χ0v) is 22.9. The number of nitrogens with zero attached hydrogens (tertiary/aromatic N) is 4. The minimum Gasteiger partial charge on any atom is -0.485 e. The van der Waals surface area contributed by atoms with Gasteiger partial charge in [-0.3, -0.25) is 4.57 Å². The summed E-state index contributed by atoms with van der Waals surface area (Å²) in [4.78, 5) is 18.8. The lowest BCUT2D eigenvalue weighted by Crippen LogP contribution is -2.50. The van der Waals surface area contributed by atoms with E-state index in [1.165, 1.54) is 6.20 Å². The van der Waals surface area contributed by atoms with Crippen LogP contribution in [0.25, 0.3) is 0 Å². The van der Waals surface area contributed by atoms with Crippen LogP contribution in [0.4, 0.5) is 5.82 Å². The van der Waals surface area contributed by atoms with Gasteiger partial charge in [-0.1, -0.05) is 41.5 Å². The molecule has 0 saturated heterocycles. The predicted octanol–water partition coefficient (Wildman–Crippen LogP) is 6.35. The van der Waals surface area contributed by atoms with Crippen LogP contribution in [0.3, 0.4) is 0 Å². The maximum atomic E-state index is 11.1. The molecular weight excluding hydrogens is 548 g/mol. The lowest BCUT2D eigenvalue weighted by Gasteiger charge is -2.43. The third kappa shape index (κ3) is 6.36. The first-order valence-corrected chi connectivity index (χ1v) is 14.0. The van der Waals surface area contributed by atoms with Crippen molar-refractivity contribution in [3.8, 4) is 5.75 Å². The Morgan fingerprint density at radius 1 is 1.13 bits per heavy atom. The Labute approximate surface area is 201 Å². The van der Waals surface area contributed by atoms with E-state index in [1.807, 2.05) is 6.07 Å². The van der Waals surface area contributed by atoms with E-state index in [2.05, 4.69) is 83.4 Å². The highest BCUT2D eigenvalue weighted by Crippen LogP contribution is 2.42. The minimum atomic E-state index is -2.11. The summed E-state index contributed by atoms with van der Waals surface area (Å²) in [7, 11) is -2.11. The van der Waals surface area contributed by atoms with E-state index < -0.39 is 13.2 Å². The van der Waals surface area contributed by atoms with Crippen LogP contribution in [0.1, 0.15) is 41.5 Å². The number of ether oxygens (including phenoxy) is 1. The van der Waals surface area contributed by atoms with E-state index in [4.69, 9.17) is 9.16 Å². The minimum absolute atomic E-state index is 0.216. The molecule has 0 spiro atoms. The molecule has 2 rings (SSSR count). The van der Waals surface area contributed by atoms with Crippen molar-refractivity contribution in [3.05, 3.63) is 44.0 Å². The Morgan fingerprint density at radius 2 is 1.74 bits per heavy atom. The van der Waals surface area contributed by atoms with Crippen molar-refractivity contribution in [1.82, 2.24) is 14.5 Å². The third-order valence-electron chi connectivity index (χ3n) is 5.53. The predicted molar refractivity (Wildman–Crippen MR) is 130 cm³/mol. The van der Waals surface area contributed by atoms with Crippen molar-refractivity contribution in [2.24, 2.45) is 0 Å². The van der Waals surface area contributed by atoms with Crippen LogP contribution in [0, 0.1) is 10.1 Å². The molecule has 8 nitrogen and oxygen atoms in total. The number of pyridine rings is 1. The highest BCUT2D eigenvalue weighted by atomic mass is 79.9. The number of hydrogen-bond acceptors (Lipinski definition) is 6. The molecular formula is C20H30Br2N4O4Si. The van der Waals surface area contributed by atoms with Crippen LogP contribution in [0.5, 0.6) is 5.75 Å². The van der Waals surface area contributed by atoms with Crippen LogP contribution >= 0.6 is 31.9 Å². The normalized spacial score (nSPS) is 13.3. The van der Waals surface area contributed by atoms with Crippen LogP contribution in [0.15, 0.2) is 33.9 Å². The quantitative estimate of drug-likeness (QED) is 0.134. The van der Waals surface area contributed by atoms with Crippen LogP contribution in [0.2, 0.25) is 16.6 Å². The molecule has 0 aromatic carbocycles. The van der Waals surface area contributed by atoms with Crippen molar-refractivity contribution < 1.29 is 14.1 Å². The van der Waals surface area contributed by atoms with Gasteiger partial charge in [0.1, 0.15) is 22.7 Å². The second kappa shape index (κ2) is 11.0. The summed E-state index contributed by atoms with van der Waals surface area (Å²) in [5, 5.41) is 11.1. The zero-order valence-electron chi connectivity index (χ0n) is 18.7. The second-order valence-corrected chi connectivity index (χ2v) is 15.4. The number of rotatable bonds is 11. The van der Waals surface area contributed by atoms with Crippen LogP contribution < -0.4 is 4.74 Å². The van der Waals surface area contributed by atoms with Gasteiger partial charge < -0.3 is 19.3 Å². The van der Waals surface area contributed by atoms with Crippen LogP contribution in [-0.2, 0) is 11.0 Å². The lowest BCUT2D eigenvalue weighted by atomic mass is 10.3. The summed E-state index contributed by atoms with van der Waals surface area (Å²) in [6, 6.07) is 3.63. The fraction of sp³-hybridized carbons (Fsp3) is 0.600. The monoisotopic (exact) mass is 576 g/mol. The molecule has 0 N–H and O–H groups in total. The molecule has 31 heavy (non-hydrogen) atoms. The van der Waals surface area contributed by atoms with Crippen molar-refractivity contribution in [2.45, 2.75) is 70.8 Å². The van der Waals surface area contributed by atoms with E-state index in [-0.39, 0.29) is 11.9 Å². The van der Waals surface area contributed by atoms with E-state index in [1.54, 1.807) is 16.8 Å². The molecule has 0 fully saturated rings. The molecule has 0 aliphatic carbocycles. The third-order valence-corrected chi connectivity index (χ3v) is 12.7. The summed E-state index contributed by atoms with van der Waals surface area (Å²) in [5.74, 6) is 0.389. The van der Waals surface area contributed by atoms with Gasteiger partial charge in [0.05, 0.1) is 19.3 Å². The Hall–Kier alpha value is -1.30. The molecule has 0 amide bonds. The van der Waals surface area contributed by atoms with Crippen LogP contribution in [-0.4, -0.2) is 40.5 Å². The fourth-order valence-corrected chi connectivity index (χ4v) is 10.4. The first-order valence-electron chi connectivity index (χ1n) is 10.3. The van der Waals surface area contributed by atoms with E-state index in [0.717, 1.165) is 0 Å². The fourth-order valence-electron chi connectivity index (χ4n) is 4.30. The number of nitro groups is 1. The molecule has 0 saturated carbocycles. The lowest BCUT2D eigenvalue weighted by molar-refractivity contribution is -0.389. The Bertz CT molecular complexity index is 853. The average molecular weight is 578 g/mol. The molecule has 0 aliphatic heterocycles. The zero-order chi connectivity index (χ0) is 23.3. The smallest absolute Gasteiger partial charge is 0.382 e. The summed E-state index contributed by atoms with van der Waals surface area (Å²) in [6.45, 7) is 14.1. The average Bonchev–Trinajstić information content (AvgIpc) is 3.04. The first-order chi connectivity index (χ1) is 14.5. The van der Waals surface area contributed by atoms with Gasteiger partial charge in [0, 0.05) is 15.9 Å². The van der Waals surface area contributed by atoms with Gasteiger partial charge in [-0.05, 0) is 54.6 Å². The molecule has 0 radical (unpaired) electrons. The maximum Gasteiger partial charge on any atom is 0.382 e. The molecule has 0 unspecified atom stereocenters. The van der Waals surface area contributed by atoms with Crippen molar-refractivity contribution in [2.75, 3.05) is 6.61 Å². The number of halogens is 2. The maximum absolute atomic E-state index is 11.1. The first kappa shape index (κ1) is 26.0. The molecule has 1 atom stereocenters. The van der Waals surface area contributed by atoms with Gasteiger partial charge in [-0.2, -0.15) is 0 Å². The molecule has 2 heterocycles. The largest absolute Gasteiger partial charge is 0.485 e. The molecule has 172 valence electrons. The molecule has 2 aromatic heterocycles. The number of imidazole rings is 1. The van der Waals surface area contributed by atoms with Gasteiger partial charge >= 0.3 is 5.82 Å². The van der Waals surface area contributed by atoms with Gasteiger partial charge in [-0.25, -0.2) is 4.98 Å². The highest BCUT2D eigenvalue weighted by Gasteiger charge is 2.45. The summed E-state index contributed by atoms with van der Waals surface area (Å²) >= 11 is 6.64. The Morgan fingerprint density at radius 3 is 2.19 bits per heavy atom. The summed E-state index contributed by atoms with van der Waals surface area (Å²) < 4.78 is 15.7. The molecule has 0 bridgehead atoms. The van der Waals surface area contributed by atoms with Gasteiger partial charge in [0.2, 0.25) is 8.32 Å².